The average Bonchev–Trinajstić information content (AvgIpc) is 3.27. The Balaban J connectivity index is 1.47. The third-order valence-corrected chi connectivity index (χ3v) is 4.42. The molecule has 6 nitrogen and oxygen atoms in total. The first kappa shape index (κ1) is 15.4. The summed E-state index contributed by atoms with van der Waals surface area (Å²) < 4.78 is 1.70. The van der Waals surface area contributed by atoms with E-state index in [4.69, 9.17) is 0 Å². The Morgan fingerprint density at radius 3 is 2.96 bits per heavy atom. The van der Waals surface area contributed by atoms with E-state index in [0.29, 0.717) is 6.54 Å². The fraction of sp³-hybridized carbons (Fsp3) is 0.211. The zero-order valence-electron chi connectivity index (χ0n) is 14.0. The zero-order chi connectivity index (χ0) is 17.2. The molecule has 3 aromatic rings. The largest absolute Gasteiger partial charge is 0.334 e. The highest BCUT2D eigenvalue weighted by Gasteiger charge is 2.30. The molecule has 25 heavy (non-hydrogen) atoms. The normalized spacial score (nSPS) is 15.9. The molecule has 1 N–H and O–H groups in total. The molecule has 3 heterocycles. The summed E-state index contributed by atoms with van der Waals surface area (Å²) in [6, 6.07) is 13.8. The second-order valence-electron chi connectivity index (χ2n) is 6.18. The Bertz CT molecular complexity index is 890. The van der Waals surface area contributed by atoms with Crippen molar-refractivity contribution in [1.29, 1.82) is 0 Å². The van der Waals surface area contributed by atoms with Crippen LogP contribution in [0.5, 0.6) is 0 Å². The Kier molecular flexibility index (Phi) is 3.93. The van der Waals surface area contributed by atoms with Crippen molar-refractivity contribution in [1.82, 2.24) is 20.1 Å². The van der Waals surface area contributed by atoms with Gasteiger partial charge in [-0.25, -0.2) is 14.5 Å². The molecule has 0 radical (unpaired) electrons. The third kappa shape index (κ3) is 2.98. The summed E-state index contributed by atoms with van der Waals surface area (Å²) in [5, 5.41) is 7.19. The first-order chi connectivity index (χ1) is 12.2. The summed E-state index contributed by atoms with van der Waals surface area (Å²) in [6.07, 6.45) is 6.17. The van der Waals surface area contributed by atoms with Gasteiger partial charge in [0.2, 0.25) is 0 Å². The molecule has 0 aliphatic carbocycles. The molecule has 1 aliphatic rings. The van der Waals surface area contributed by atoms with Gasteiger partial charge in [-0.1, -0.05) is 18.2 Å². The van der Waals surface area contributed by atoms with E-state index >= 15 is 0 Å². The van der Waals surface area contributed by atoms with Gasteiger partial charge in [-0.3, -0.25) is 4.90 Å². The minimum atomic E-state index is -0.0742. The van der Waals surface area contributed by atoms with Crippen molar-refractivity contribution in [3.05, 3.63) is 72.2 Å². The molecule has 2 amide bonds. The topological polar surface area (TPSA) is 63.1 Å². The fourth-order valence-corrected chi connectivity index (χ4v) is 3.24. The molecule has 4 rings (SSSR count). The lowest BCUT2D eigenvalue weighted by molar-refractivity contribution is 0.244. The molecule has 2 aromatic heterocycles. The number of amides is 2. The number of fused-ring (bicyclic) bond motifs is 1. The number of para-hydroxylation sites is 1. The molecule has 6 heteroatoms. The van der Waals surface area contributed by atoms with Crippen LogP contribution in [-0.4, -0.2) is 26.8 Å². The van der Waals surface area contributed by atoms with Crippen molar-refractivity contribution in [2.75, 3.05) is 4.90 Å². The number of rotatable bonds is 3. The van der Waals surface area contributed by atoms with Gasteiger partial charge < -0.3 is 5.32 Å². The Morgan fingerprint density at radius 1 is 1.24 bits per heavy atom. The molecule has 1 unspecified atom stereocenters. The van der Waals surface area contributed by atoms with Gasteiger partial charge in [-0.2, -0.15) is 5.10 Å². The molecule has 0 spiro atoms. The fourth-order valence-electron chi connectivity index (χ4n) is 3.24. The number of pyridine rings is 1. The lowest BCUT2D eigenvalue weighted by Gasteiger charge is -2.23. The van der Waals surface area contributed by atoms with Crippen LogP contribution in [0.2, 0.25) is 0 Å². The third-order valence-electron chi connectivity index (χ3n) is 4.42. The lowest BCUT2D eigenvalue weighted by Crippen LogP contribution is -2.43. The van der Waals surface area contributed by atoms with Crippen LogP contribution in [0.1, 0.15) is 18.1 Å². The lowest BCUT2D eigenvalue weighted by atomic mass is 10.1. The first-order valence-corrected chi connectivity index (χ1v) is 8.32. The number of aromatic nitrogens is 3. The molecular formula is C19H19N5O. The number of carbonyl (C=O) groups is 1. The van der Waals surface area contributed by atoms with Crippen LogP contribution >= 0.6 is 0 Å². The molecule has 0 bridgehead atoms. The predicted molar refractivity (Wildman–Crippen MR) is 95.7 cm³/mol. The standard InChI is InChI=1S/C19H19N5O/c1-14-11-16-5-2-3-6-17(16)24(14)19(25)21-13-15-7-9-20-18(12-15)23-10-4-8-22-23/h2-10,12,14H,11,13H2,1H3,(H,21,25). The number of carbonyl (C=O) groups excluding carboxylic acids is 1. The van der Waals surface area contributed by atoms with Crippen LogP contribution in [0.25, 0.3) is 5.82 Å². The van der Waals surface area contributed by atoms with Crippen LogP contribution in [0.15, 0.2) is 61.1 Å². The predicted octanol–water partition coefficient (Wildman–Crippen LogP) is 2.93. The average molecular weight is 333 g/mol. The van der Waals surface area contributed by atoms with Gasteiger partial charge >= 0.3 is 6.03 Å². The Hall–Kier alpha value is -3.15. The van der Waals surface area contributed by atoms with Gasteiger partial charge in [-0.05, 0) is 48.7 Å². The quantitative estimate of drug-likeness (QED) is 0.801. The number of nitrogens with zero attached hydrogens (tertiary/aromatic N) is 4. The van der Waals surface area contributed by atoms with Gasteiger partial charge in [-0.15, -0.1) is 0 Å². The summed E-state index contributed by atoms with van der Waals surface area (Å²) in [5.74, 6) is 0.733. The zero-order valence-corrected chi connectivity index (χ0v) is 14.0. The molecular weight excluding hydrogens is 314 g/mol. The van der Waals surface area contributed by atoms with Gasteiger partial charge in [0, 0.05) is 36.9 Å². The number of nitrogens with one attached hydrogen (secondary N) is 1. The summed E-state index contributed by atoms with van der Waals surface area (Å²) in [6.45, 7) is 2.52. The van der Waals surface area contributed by atoms with E-state index < -0.39 is 0 Å². The maximum Gasteiger partial charge on any atom is 0.322 e. The van der Waals surface area contributed by atoms with Gasteiger partial charge in [0.25, 0.3) is 0 Å². The summed E-state index contributed by atoms with van der Waals surface area (Å²) in [4.78, 5) is 18.8. The molecule has 1 aromatic carbocycles. The highest BCUT2D eigenvalue weighted by molar-refractivity contribution is 5.94. The van der Waals surface area contributed by atoms with E-state index in [2.05, 4.69) is 28.4 Å². The SMILES string of the molecule is CC1Cc2ccccc2N1C(=O)NCc1ccnc(-n2cccn2)c1. The van der Waals surface area contributed by atoms with E-state index in [-0.39, 0.29) is 12.1 Å². The van der Waals surface area contributed by atoms with Crippen LogP contribution in [-0.2, 0) is 13.0 Å². The van der Waals surface area contributed by atoms with E-state index in [1.165, 1.54) is 5.56 Å². The van der Waals surface area contributed by atoms with Crippen molar-refractivity contribution < 1.29 is 4.79 Å². The first-order valence-electron chi connectivity index (χ1n) is 8.32. The van der Waals surface area contributed by atoms with E-state index in [0.717, 1.165) is 23.5 Å². The molecule has 0 saturated carbocycles. The monoisotopic (exact) mass is 333 g/mol. The highest BCUT2D eigenvalue weighted by Crippen LogP contribution is 2.31. The number of benzene rings is 1. The van der Waals surface area contributed by atoms with Crippen molar-refractivity contribution in [3.8, 4) is 5.82 Å². The highest BCUT2D eigenvalue weighted by atomic mass is 16.2. The number of anilines is 1. The van der Waals surface area contributed by atoms with Crippen molar-refractivity contribution in [3.63, 3.8) is 0 Å². The minimum absolute atomic E-state index is 0.0742. The van der Waals surface area contributed by atoms with Crippen LogP contribution < -0.4 is 10.2 Å². The number of hydrogen-bond acceptors (Lipinski definition) is 3. The van der Waals surface area contributed by atoms with Crippen LogP contribution in [0.3, 0.4) is 0 Å². The maximum atomic E-state index is 12.7. The Morgan fingerprint density at radius 2 is 2.12 bits per heavy atom. The molecule has 1 atom stereocenters. The molecule has 0 saturated heterocycles. The summed E-state index contributed by atoms with van der Waals surface area (Å²) in [5.41, 5.74) is 3.20. The second-order valence-corrected chi connectivity index (χ2v) is 6.18. The minimum Gasteiger partial charge on any atom is -0.334 e. The number of urea groups is 1. The van der Waals surface area contributed by atoms with Crippen molar-refractivity contribution in [2.45, 2.75) is 25.9 Å². The van der Waals surface area contributed by atoms with Gasteiger partial charge in [0.05, 0.1) is 0 Å². The molecule has 0 fully saturated rings. The summed E-state index contributed by atoms with van der Waals surface area (Å²) in [7, 11) is 0. The van der Waals surface area contributed by atoms with Gasteiger partial charge in [0.1, 0.15) is 0 Å². The van der Waals surface area contributed by atoms with Crippen LogP contribution in [0, 0.1) is 0 Å². The maximum absolute atomic E-state index is 12.7. The molecule has 126 valence electrons. The summed E-state index contributed by atoms with van der Waals surface area (Å²) >= 11 is 0. The van der Waals surface area contributed by atoms with Crippen molar-refractivity contribution in [2.24, 2.45) is 0 Å². The van der Waals surface area contributed by atoms with E-state index in [1.807, 2.05) is 47.5 Å². The van der Waals surface area contributed by atoms with Crippen molar-refractivity contribution >= 4 is 11.7 Å². The Labute approximate surface area is 146 Å². The molecule has 1 aliphatic heterocycles. The van der Waals surface area contributed by atoms with E-state index in [1.54, 1.807) is 17.1 Å². The van der Waals surface area contributed by atoms with Gasteiger partial charge in [0.15, 0.2) is 5.82 Å². The number of hydrogen-bond donors (Lipinski definition) is 1. The van der Waals surface area contributed by atoms with Crippen LogP contribution in [0.4, 0.5) is 10.5 Å². The van der Waals surface area contributed by atoms with E-state index in [9.17, 15) is 4.79 Å². The smallest absolute Gasteiger partial charge is 0.322 e. The second kappa shape index (κ2) is 6.39.